The Labute approximate surface area is 151 Å². The first-order valence-corrected chi connectivity index (χ1v) is 9.78. The van der Waals surface area contributed by atoms with Crippen LogP contribution in [0.4, 0.5) is 0 Å². The van der Waals surface area contributed by atoms with Crippen LogP contribution in [0.1, 0.15) is 36.4 Å². The summed E-state index contributed by atoms with van der Waals surface area (Å²) >= 11 is 1.68. The molecule has 1 aromatic heterocycles. The van der Waals surface area contributed by atoms with Crippen molar-refractivity contribution in [1.29, 1.82) is 0 Å². The molecule has 0 saturated carbocycles. The second-order valence-electron chi connectivity index (χ2n) is 7.15. The molecule has 2 unspecified atom stereocenters. The van der Waals surface area contributed by atoms with Crippen LogP contribution in [0.15, 0.2) is 10.5 Å². The van der Waals surface area contributed by atoms with Gasteiger partial charge in [0, 0.05) is 51.0 Å². The lowest BCUT2D eigenvalue weighted by molar-refractivity contribution is -0.115. The molecule has 1 N–H and O–H groups in total. The van der Waals surface area contributed by atoms with E-state index in [9.17, 15) is 4.79 Å². The highest BCUT2D eigenvalue weighted by Gasteiger charge is 2.46. The van der Waals surface area contributed by atoms with Gasteiger partial charge in [-0.3, -0.25) is 9.69 Å². The van der Waals surface area contributed by atoms with Crippen molar-refractivity contribution in [2.75, 3.05) is 26.2 Å². The average molecular weight is 364 g/mol. The molecule has 3 aliphatic rings. The summed E-state index contributed by atoms with van der Waals surface area (Å²) in [6, 6.07) is 0. The quantitative estimate of drug-likeness (QED) is 0.856. The Morgan fingerprint density at radius 2 is 2.48 bits per heavy atom. The highest BCUT2D eigenvalue weighted by atomic mass is 32.1. The minimum absolute atomic E-state index is 0.124. The third kappa shape index (κ3) is 3.86. The number of hydrogen-bond donors (Lipinski definition) is 1. The third-order valence-corrected chi connectivity index (χ3v) is 5.89. The number of nitrogens with zero attached hydrogens (tertiary/aromatic N) is 3. The van der Waals surface area contributed by atoms with E-state index < -0.39 is 0 Å². The number of ether oxygens (including phenoxy) is 1. The second-order valence-corrected chi connectivity index (χ2v) is 8.21. The van der Waals surface area contributed by atoms with Crippen LogP contribution in [0.3, 0.4) is 0 Å². The van der Waals surface area contributed by atoms with Gasteiger partial charge in [-0.25, -0.2) is 4.98 Å². The Morgan fingerprint density at radius 3 is 3.24 bits per heavy atom. The number of carbonyl (C=O) groups is 1. The zero-order valence-electron chi connectivity index (χ0n) is 14.5. The van der Waals surface area contributed by atoms with E-state index >= 15 is 0 Å². The summed E-state index contributed by atoms with van der Waals surface area (Å²) in [6.07, 6.45) is 3.70. The number of aryl methyl sites for hydroxylation is 1. The van der Waals surface area contributed by atoms with Gasteiger partial charge in [-0.15, -0.1) is 11.3 Å². The van der Waals surface area contributed by atoms with E-state index in [1.165, 1.54) is 0 Å². The van der Waals surface area contributed by atoms with Crippen molar-refractivity contribution in [3.8, 4) is 0 Å². The predicted molar refractivity (Wildman–Crippen MR) is 94.6 cm³/mol. The Morgan fingerprint density at radius 1 is 1.56 bits per heavy atom. The fourth-order valence-corrected chi connectivity index (χ4v) is 4.35. The van der Waals surface area contributed by atoms with Gasteiger partial charge in [-0.1, -0.05) is 5.16 Å². The van der Waals surface area contributed by atoms with Crippen LogP contribution in [-0.4, -0.2) is 59.4 Å². The highest BCUT2D eigenvalue weighted by molar-refractivity contribution is 7.09. The topological polar surface area (TPSA) is 76.1 Å². The number of rotatable bonds is 5. The normalized spacial score (nSPS) is 29.2. The van der Waals surface area contributed by atoms with E-state index in [0.29, 0.717) is 18.7 Å². The maximum atomic E-state index is 12.3. The van der Waals surface area contributed by atoms with Gasteiger partial charge in [-0.2, -0.15) is 0 Å². The van der Waals surface area contributed by atoms with Crippen molar-refractivity contribution in [2.45, 2.75) is 50.9 Å². The fourth-order valence-electron chi connectivity index (χ4n) is 3.75. The van der Waals surface area contributed by atoms with Crippen molar-refractivity contribution in [1.82, 2.24) is 15.2 Å². The van der Waals surface area contributed by atoms with Crippen molar-refractivity contribution < 1.29 is 14.4 Å². The number of aromatic nitrogens is 1. The maximum absolute atomic E-state index is 12.3. The molecule has 136 valence electrons. The van der Waals surface area contributed by atoms with Crippen LogP contribution in [-0.2, 0) is 20.9 Å². The zero-order valence-corrected chi connectivity index (χ0v) is 15.3. The van der Waals surface area contributed by atoms with Gasteiger partial charge in [0.05, 0.1) is 16.8 Å². The molecule has 0 bridgehead atoms. The van der Waals surface area contributed by atoms with E-state index in [0.717, 1.165) is 56.2 Å². The number of carbonyl (C=O) groups excluding carboxylic acids is 1. The molecule has 2 fully saturated rings. The Balaban J connectivity index is 1.26. The van der Waals surface area contributed by atoms with Crippen LogP contribution in [0, 0.1) is 6.92 Å². The molecule has 0 aromatic carbocycles. The van der Waals surface area contributed by atoms with E-state index in [4.69, 9.17) is 9.57 Å². The summed E-state index contributed by atoms with van der Waals surface area (Å²) in [7, 11) is 0. The SMILES string of the molecule is Cc1nc(CN2CCC3(CC(C(=O)NCC4CCCO4)=NO3)C2)cs1. The summed E-state index contributed by atoms with van der Waals surface area (Å²) in [4.78, 5) is 24.9. The summed E-state index contributed by atoms with van der Waals surface area (Å²) in [5.41, 5.74) is 1.26. The molecular weight excluding hydrogens is 340 g/mol. The van der Waals surface area contributed by atoms with Crippen LogP contribution >= 0.6 is 11.3 Å². The van der Waals surface area contributed by atoms with E-state index in [2.05, 4.69) is 25.7 Å². The van der Waals surface area contributed by atoms with Crippen LogP contribution in [0.25, 0.3) is 0 Å². The van der Waals surface area contributed by atoms with Crippen LogP contribution in [0.5, 0.6) is 0 Å². The third-order valence-electron chi connectivity index (χ3n) is 5.06. The zero-order chi connectivity index (χ0) is 17.3. The van der Waals surface area contributed by atoms with Gasteiger partial charge in [0.15, 0.2) is 5.60 Å². The average Bonchev–Trinajstić information content (AvgIpc) is 3.37. The first-order chi connectivity index (χ1) is 12.1. The molecule has 0 aliphatic carbocycles. The minimum atomic E-state index is -0.346. The summed E-state index contributed by atoms with van der Waals surface area (Å²) in [5.74, 6) is -0.124. The van der Waals surface area contributed by atoms with E-state index in [-0.39, 0.29) is 17.6 Å². The van der Waals surface area contributed by atoms with Gasteiger partial charge in [0.1, 0.15) is 5.71 Å². The molecule has 0 radical (unpaired) electrons. The molecule has 3 aliphatic heterocycles. The monoisotopic (exact) mass is 364 g/mol. The molecule has 25 heavy (non-hydrogen) atoms. The molecule has 1 aromatic rings. The molecule has 2 saturated heterocycles. The molecular formula is C17H24N4O3S. The Kier molecular flexibility index (Phi) is 4.75. The van der Waals surface area contributed by atoms with Gasteiger partial charge in [0.2, 0.25) is 0 Å². The van der Waals surface area contributed by atoms with Gasteiger partial charge in [0.25, 0.3) is 5.91 Å². The lowest BCUT2D eigenvalue weighted by Gasteiger charge is -2.21. The smallest absolute Gasteiger partial charge is 0.269 e. The van der Waals surface area contributed by atoms with Crippen molar-refractivity contribution in [3.63, 3.8) is 0 Å². The van der Waals surface area contributed by atoms with E-state index in [1.807, 2.05) is 6.92 Å². The largest absolute Gasteiger partial charge is 0.387 e. The van der Waals surface area contributed by atoms with Gasteiger partial charge in [-0.05, 0) is 19.8 Å². The molecule has 8 heteroatoms. The molecule has 1 amide bonds. The molecule has 4 rings (SSSR count). The van der Waals surface area contributed by atoms with Crippen LogP contribution in [0.2, 0.25) is 0 Å². The number of amides is 1. The summed E-state index contributed by atoms with van der Waals surface area (Å²) < 4.78 is 5.53. The second kappa shape index (κ2) is 7.01. The number of oxime groups is 1. The molecule has 7 nitrogen and oxygen atoms in total. The standard InChI is InChI=1S/C17H24N4O3S/c1-12-19-13(10-25-12)9-21-5-4-17(11-21)7-15(20-24-17)16(22)18-8-14-3-2-6-23-14/h10,14H,2-9,11H2,1H3,(H,18,22). The number of nitrogens with one attached hydrogen (secondary N) is 1. The first kappa shape index (κ1) is 16.9. The van der Waals surface area contributed by atoms with Crippen molar-refractivity contribution in [2.24, 2.45) is 5.16 Å². The summed E-state index contributed by atoms with van der Waals surface area (Å²) in [6.45, 7) is 5.93. The number of thiazole rings is 1. The Bertz CT molecular complexity index is 671. The number of likely N-dealkylation sites (tertiary alicyclic amines) is 1. The van der Waals surface area contributed by atoms with Gasteiger partial charge >= 0.3 is 0 Å². The molecule has 4 heterocycles. The predicted octanol–water partition coefficient (Wildman–Crippen LogP) is 1.47. The van der Waals surface area contributed by atoms with E-state index in [1.54, 1.807) is 11.3 Å². The summed E-state index contributed by atoms with van der Waals surface area (Å²) in [5, 5.41) is 10.2. The Hall–Kier alpha value is -1.51. The lowest BCUT2D eigenvalue weighted by atomic mass is 9.96. The molecule has 2 atom stereocenters. The fraction of sp³-hybridized carbons (Fsp3) is 0.706. The number of hydrogen-bond acceptors (Lipinski definition) is 7. The maximum Gasteiger partial charge on any atom is 0.269 e. The van der Waals surface area contributed by atoms with Crippen molar-refractivity contribution in [3.05, 3.63) is 16.1 Å². The van der Waals surface area contributed by atoms with Crippen molar-refractivity contribution >= 4 is 23.0 Å². The highest BCUT2D eigenvalue weighted by Crippen LogP contribution is 2.34. The lowest BCUT2D eigenvalue weighted by Crippen LogP contribution is -2.39. The van der Waals surface area contributed by atoms with Crippen LogP contribution < -0.4 is 5.32 Å². The minimum Gasteiger partial charge on any atom is -0.387 e. The molecule has 1 spiro atoms. The first-order valence-electron chi connectivity index (χ1n) is 8.90. The van der Waals surface area contributed by atoms with Gasteiger partial charge < -0.3 is 14.9 Å².